The van der Waals surface area contributed by atoms with E-state index in [2.05, 4.69) is 15.1 Å². The zero-order chi connectivity index (χ0) is 18.6. The number of benzene rings is 2. The van der Waals surface area contributed by atoms with Crippen LogP contribution < -0.4 is 15.1 Å². The second-order valence-electron chi connectivity index (χ2n) is 6.40. The molecule has 0 bridgehead atoms. The molecule has 1 fully saturated rings. The van der Waals surface area contributed by atoms with Crippen molar-refractivity contribution in [3.63, 3.8) is 0 Å². The molecule has 1 saturated heterocycles. The lowest BCUT2D eigenvalue weighted by Gasteiger charge is -2.38. The molecule has 27 heavy (non-hydrogen) atoms. The Balaban J connectivity index is 1.45. The molecule has 0 aliphatic carbocycles. The summed E-state index contributed by atoms with van der Waals surface area (Å²) >= 11 is 1.43. The number of anilines is 3. The van der Waals surface area contributed by atoms with Crippen molar-refractivity contribution in [2.24, 2.45) is 0 Å². The lowest BCUT2D eigenvalue weighted by atomic mass is 10.2. The van der Waals surface area contributed by atoms with Crippen LogP contribution in [0.5, 0.6) is 0 Å². The molecular formula is C21H20FN3OS. The summed E-state index contributed by atoms with van der Waals surface area (Å²) in [6.45, 7) is 3.37. The van der Waals surface area contributed by atoms with Gasteiger partial charge in [-0.15, -0.1) is 11.3 Å². The van der Waals surface area contributed by atoms with Gasteiger partial charge in [0.25, 0.3) is 5.91 Å². The van der Waals surface area contributed by atoms with Crippen molar-refractivity contribution in [3.05, 3.63) is 76.7 Å². The standard InChI is InChI=1S/C21H20FN3OS/c22-16-7-9-17(10-8-16)24-11-13-25(14-12-24)19-5-2-1-4-18(19)23-21(26)20-6-3-15-27-20/h1-10,15H,11-14H2,(H,23,26). The number of thiophene rings is 1. The molecule has 138 valence electrons. The highest BCUT2D eigenvalue weighted by molar-refractivity contribution is 7.12. The number of carbonyl (C=O) groups is 1. The highest BCUT2D eigenvalue weighted by Gasteiger charge is 2.20. The smallest absolute Gasteiger partial charge is 0.265 e. The number of rotatable bonds is 4. The largest absolute Gasteiger partial charge is 0.368 e. The summed E-state index contributed by atoms with van der Waals surface area (Å²) in [6.07, 6.45) is 0. The van der Waals surface area contributed by atoms with Gasteiger partial charge in [0.15, 0.2) is 0 Å². The van der Waals surface area contributed by atoms with Crippen molar-refractivity contribution in [3.8, 4) is 0 Å². The molecule has 4 rings (SSSR count). The molecule has 1 N–H and O–H groups in total. The van der Waals surface area contributed by atoms with Crippen LogP contribution in [0.3, 0.4) is 0 Å². The van der Waals surface area contributed by atoms with E-state index >= 15 is 0 Å². The summed E-state index contributed by atoms with van der Waals surface area (Å²) in [6, 6.07) is 18.2. The Morgan fingerprint density at radius 3 is 2.30 bits per heavy atom. The number of amides is 1. The maximum atomic E-state index is 13.1. The average Bonchev–Trinajstić information content (AvgIpc) is 3.24. The van der Waals surface area contributed by atoms with E-state index < -0.39 is 0 Å². The molecule has 2 aromatic carbocycles. The maximum Gasteiger partial charge on any atom is 0.265 e. The molecule has 0 unspecified atom stereocenters. The highest BCUT2D eigenvalue weighted by atomic mass is 32.1. The number of piperazine rings is 1. The Morgan fingerprint density at radius 2 is 1.59 bits per heavy atom. The van der Waals surface area contributed by atoms with E-state index in [1.165, 1.54) is 23.5 Å². The average molecular weight is 381 g/mol. The number of nitrogens with zero attached hydrogens (tertiary/aromatic N) is 2. The second kappa shape index (κ2) is 7.80. The summed E-state index contributed by atoms with van der Waals surface area (Å²) < 4.78 is 13.1. The van der Waals surface area contributed by atoms with Crippen molar-refractivity contribution in [1.82, 2.24) is 0 Å². The van der Waals surface area contributed by atoms with Crippen LogP contribution in [0, 0.1) is 5.82 Å². The Labute approximate surface area is 161 Å². The number of para-hydroxylation sites is 2. The van der Waals surface area contributed by atoms with E-state index in [1.54, 1.807) is 0 Å². The van der Waals surface area contributed by atoms with Crippen molar-refractivity contribution < 1.29 is 9.18 Å². The summed E-state index contributed by atoms with van der Waals surface area (Å²) in [4.78, 5) is 17.7. The van der Waals surface area contributed by atoms with Gasteiger partial charge in [0, 0.05) is 31.9 Å². The summed E-state index contributed by atoms with van der Waals surface area (Å²) in [5, 5.41) is 4.93. The lowest BCUT2D eigenvalue weighted by molar-refractivity contribution is 0.103. The molecule has 3 aromatic rings. The zero-order valence-electron chi connectivity index (χ0n) is 14.8. The molecule has 1 aliphatic heterocycles. The normalized spacial score (nSPS) is 14.3. The molecule has 0 radical (unpaired) electrons. The summed E-state index contributed by atoms with van der Waals surface area (Å²) in [7, 11) is 0. The summed E-state index contributed by atoms with van der Waals surface area (Å²) in [5.41, 5.74) is 2.89. The van der Waals surface area contributed by atoms with Gasteiger partial charge in [-0.05, 0) is 47.8 Å². The number of halogens is 1. The van der Waals surface area contributed by atoms with Gasteiger partial charge in [-0.25, -0.2) is 4.39 Å². The van der Waals surface area contributed by atoms with E-state index in [0.717, 1.165) is 43.2 Å². The predicted octanol–water partition coefficient (Wildman–Crippen LogP) is 4.47. The number of hydrogen-bond donors (Lipinski definition) is 1. The van der Waals surface area contributed by atoms with Gasteiger partial charge >= 0.3 is 0 Å². The zero-order valence-corrected chi connectivity index (χ0v) is 15.6. The number of hydrogen-bond acceptors (Lipinski definition) is 4. The third kappa shape index (κ3) is 3.95. The lowest BCUT2D eigenvalue weighted by Crippen LogP contribution is -2.46. The third-order valence-electron chi connectivity index (χ3n) is 4.71. The van der Waals surface area contributed by atoms with Crippen molar-refractivity contribution in [2.45, 2.75) is 0 Å². The molecule has 1 aliphatic rings. The molecule has 0 saturated carbocycles. The first-order valence-electron chi connectivity index (χ1n) is 8.90. The van der Waals surface area contributed by atoms with Crippen LogP contribution in [-0.4, -0.2) is 32.1 Å². The minimum atomic E-state index is -0.215. The second-order valence-corrected chi connectivity index (χ2v) is 7.35. The molecular weight excluding hydrogens is 361 g/mol. The van der Waals surface area contributed by atoms with Crippen LogP contribution in [0.15, 0.2) is 66.0 Å². The van der Waals surface area contributed by atoms with E-state index in [9.17, 15) is 9.18 Å². The topological polar surface area (TPSA) is 35.6 Å². The van der Waals surface area contributed by atoms with E-state index in [-0.39, 0.29) is 11.7 Å². The molecule has 0 spiro atoms. The first-order valence-corrected chi connectivity index (χ1v) is 9.78. The molecule has 6 heteroatoms. The first-order chi connectivity index (χ1) is 13.2. The van der Waals surface area contributed by atoms with Gasteiger partial charge in [-0.2, -0.15) is 0 Å². The van der Waals surface area contributed by atoms with Gasteiger partial charge in [-0.1, -0.05) is 18.2 Å². The fraction of sp³-hybridized carbons (Fsp3) is 0.190. The molecule has 1 aromatic heterocycles. The quantitative estimate of drug-likeness (QED) is 0.724. The van der Waals surface area contributed by atoms with E-state index in [4.69, 9.17) is 0 Å². The van der Waals surface area contributed by atoms with Crippen LogP contribution in [0.1, 0.15) is 9.67 Å². The third-order valence-corrected chi connectivity index (χ3v) is 5.58. The molecule has 1 amide bonds. The Bertz CT molecular complexity index is 903. The highest BCUT2D eigenvalue weighted by Crippen LogP contribution is 2.28. The van der Waals surface area contributed by atoms with Gasteiger partial charge < -0.3 is 15.1 Å². The van der Waals surface area contributed by atoms with Crippen LogP contribution in [0.25, 0.3) is 0 Å². The number of carbonyl (C=O) groups excluding carboxylic acids is 1. The number of nitrogens with one attached hydrogen (secondary N) is 1. The SMILES string of the molecule is O=C(Nc1ccccc1N1CCN(c2ccc(F)cc2)CC1)c1cccs1. The minimum Gasteiger partial charge on any atom is -0.368 e. The van der Waals surface area contributed by atoms with E-state index in [0.29, 0.717) is 4.88 Å². The Kier molecular flexibility index (Phi) is 5.07. The van der Waals surface area contributed by atoms with Gasteiger partial charge in [0.2, 0.25) is 0 Å². The monoisotopic (exact) mass is 381 g/mol. The van der Waals surface area contributed by atoms with Gasteiger partial charge in [-0.3, -0.25) is 4.79 Å². The van der Waals surface area contributed by atoms with Crippen LogP contribution >= 0.6 is 11.3 Å². The van der Waals surface area contributed by atoms with Crippen molar-refractivity contribution in [1.29, 1.82) is 0 Å². The van der Waals surface area contributed by atoms with Crippen LogP contribution in [0.4, 0.5) is 21.5 Å². The van der Waals surface area contributed by atoms with Crippen molar-refractivity contribution in [2.75, 3.05) is 41.3 Å². The maximum absolute atomic E-state index is 13.1. The Morgan fingerprint density at radius 1 is 0.889 bits per heavy atom. The van der Waals surface area contributed by atoms with Gasteiger partial charge in [0.1, 0.15) is 5.82 Å². The first kappa shape index (κ1) is 17.5. The fourth-order valence-electron chi connectivity index (χ4n) is 3.30. The van der Waals surface area contributed by atoms with Crippen LogP contribution in [0.2, 0.25) is 0 Å². The Hall–Kier alpha value is -2.86. The predicted molar refractivity (Wildman–Crippen MR) is 110 cm³/mol. The fourth-order valence-corrected chi connectivity index (χ4v) is 3.92. The van der Waals surface area contributed by atoms with Gasteiger partial charge in [0.05, 0.1) is 16.3 Å². The summed E-state index contributed by atoms with van der Waals surface area (Å²) in [5.74, 6) is -0.296. The van der Waals surface area contributed by atoms with Crippen molar-refractivity contribution >= 4 is 34.3 Å². The molecule has 2 heterocycles. The van der Waals surface area contributed by atoms with Crippen LogP contribution in [-0.2, 0) is 0 Å². The minimum absolute atomic E-state index is 0.0811. The van der Waals surface area contributed by atoms with E-state index in [1.807, 2.05) is 53.9 Å². The molecule has 0 atom stereocenters. The molecule has 4 nitrogen and oxygen atoms in total.